The molecule has 148 valence electrons. The number of fused-ring (bicyclic) bond motifs is 4. The number of ketones is 2. The van der Waals surface area contributed by atoms with E-state index >= 15 is 0 Å². The summed E-state index contributed by atoms with van der Waals surface area (Å²) in [6, 6.07) is 9.81. The number of nitrogens with zero attached hydrogens (tertiary/aromatic N) is 1. The van der Waals surface area contributed by atoms with E-state index in [2.05, 4.69) is 45.7 Å². The molecule has 5 rings (SSSR count). The average molecular weight is 472 g/mol. The second-order valence-electron chi connectivity index (χ2n) is 8.39. The Morgan fingerprint density at radius 3 is 2.55 bits per heavy atom. The number of carbonyl (C=O) groups is 2. The van der Waals surface area contributed by atoms with Crippen molar-refractivity contribution in [1.82, 2.24) is 4.98 Å². The molecule has 2 aromatic carbocycles. The van der Waals surface area contributed by atoms with E-state index in [1.165, 1.54) is 0 Å². The minimum absolute atomic E-state index is 0.00479. The molecule has 0 spiro atoms. The van der Waals surface area contributed by atoms with Gasteiger partial charge in [0, 0.05) is 58.0 Å². The number of halogens is 2. The number of hydrogen-bond donors (Lipinski definition) is 1. The molecule has 0 saturated carbocycles. The van der Waals surface area contributed by atoms with Gasteiger partial charge in [-0.2, -0.15) is 0 Å². The summed E-state index contributed by atoms with van der Waals surface area (Å²) in [5.41, 5.74) is 4.77. The summed E-state index contributed by atoms with van der Waals surface area (Å²) in [7, 11) is 0. The predicted octanol–water partition coefficient (Wildman–Crippen LogP) is 5.62. The quantitative estimate of drug-likeness (QED) is 0.501. The summed E-state index contributed by atoms with van der Waals surface area (Å²) < 4.78 is 0.969. The maximum atomic E-state index is 13.5. The molecular weight excluding hydrogens is 452 g/mol. The number of nitrogens with one attached hydrogen (secondary N) is 1. The SMILES string of the molecule is CC1(C)c2cc(N3CCC(=O)CC3)c(Cl)cc2C(=O)c2c1[nH]c1cc(Br)ccc21. The first kappa shape index (κ1) is 18.9. The topological polar surface area (TPSA) is 53.2 Å². The molecule has 1 aliphatic heterocycles. The molecule has 2 aliphatic rings. The lowest BCUT2D eigenvalue weighted by atomic mass is 9.71. The number of H-pyrrole nitrogens is 1. The molecule has 3 aromatic rings. The van der Waals surface area contributed by atoms with Crippen molar-refractivity contribution in [2.45, 2.75) is 32.1 Å². The van der Waals surface area contributed by atoms with Gasteiger partial charge >= 0.3 is 0 Å². The molecule has 1 aliphatic carbocycles. The van der Waals surface area contributed by atoms with Crippen LogP contribution in [0.15, 0.2) is 34.8 Å². The number of aromatic nitrogens is 1. The Hall–Kier alpha value is -2.11. The Labute approximate surface area is 182 Å². The lowest BCUT2D eigenvalue weighted by Crippen LogP contribution is -2.35. The normalized spacial score (nSPS) is 18.1. The number of piperidine rings is 1. The van der Waals surface area contributed by atoms with Crippen molar-refractivity contribution in [2.75, 3.05) is 18.0 Å². The molecule has 29 heavy (non-hydrogen) atoms. The molecule has 1 N–H and O–H groups in total. The summed E-state index contributed by atoms with van der Waals surface area (Å²) in [4.78, 5) is 30.8. The van der Waals surface area contributed by atoms with Crippen molar-refractivity contribution in [3.05, 3.63) is 62.2 Å². The number of anilines is 1. The lowest BCUT2D eigenvalue weighted by molar-refractivity contribution is -0.119. The van der Waals surface area contributed by atoms with Gasteiger partial charge in [-0.1, -0.05) is 47.4 Å². The van der Waals surface area contributed by atoms with Gasteiger partial charge in [-0.05, 0) is 29.8 Å². The van der Waals surface area contributed by atoms with Gasteiger partial charge in [0.2, 0.25) is 0 Å². The highest BCUT2D eigenvalue weighted by Gasteiger charge is 2.40. The molecule has 2 heterocycles. The molecule has 6 heteroatoms. The zero-order chi connectivity index (χ0) is 20.5. The minimum Gasteiger partial charge on any atom is -0.369 e. The standard InChI is InChI=1S/C23H20BrClN2O2/c1-23(2)16-11-19(27-7-5-13(28)6-8-27)17(25)10-15(16)21(29)20-14-4-3-12(24)9-18(14)26-22(20)23/h3-4,9-11,26H,5-8H2,1-2H3. The van der Waals surface area contributed by atoms with Crippen LogP contribution in [0.2, 0.25) is 5.02 Å². The highest BCUT2D eigenvalue weighted by atomic mass is 79.9. The van der Waals surface area contributed by atoms with Crippen LogP contribution in [0.25, 0.3) is 10.9 Å². The van der Waals surface area contributed by atoms with Gasteiger partial charge < -0.3 is 9.88 Å². The summed E-state index contributed by atoms with van der Waals surface area (Å²) >= 11 is 10.1. The second kappa shape index (κ2) is 6.44. The van der Waals surface area contributed by atoms with Crippen molar-refractivity contribution < 1.29 is 9.59 Å². The van der Waals surface area contributed by atoms with Gasteiger partial charge in [-0.15, -0.1) is 0 Å². The molecule has 1 saturated heterocycles. The summed E-state index contributed by atoms with van der Waals surface area (Å²) in [5.74, 6) is 0.296. The fourth-order valence-corrected chi connectivity index (χ4v) is 5.29. The van der Waals surface area contributed by atoms with Gasteiger partial charge in [-0.25, -0.2) is 0 Å². The average Bonchev–Trinajstić information content (AvgIpc) is 3.06. The summed E-state index contributed by atoms with van der Waals surface area (Å²) in [5, 5.41) is 1.50. The van der Waals surface area contributed by atoms with Crippen molar-refractivity contribution >= 4 is 55.7 Å². The van der Waals surface area contributed by atoms with Crippen LogP contribution in [-0.2, 0) is 10.2 Å². The second-order valence-corrected chi connectivity index (χ2v) is 9.72. The van der Waals surface area contributed by atoms with E-state index in [1.54, 1.807) is 0 Å². The van der Waals surface area contributed by atoms with Crippen LogP contribution in [0.3, 0.4) is 0 Å². The molecule has 4 nitrogen and oxygen atoms in total. The van der Waals surface area contributed by atoms with Crippen molar-refractivity contribution in [3.8, 4) is 0 Å². The summed E-state index contributed by atoms with van der Waals surface area (Å²) in [6.45, 7) is 5.60. The third-order valence-corrected chi connectivity index (χ3v) is 7.08. The first-order valence-corrected chi connectivity index (χ1v) is 10.9. The number of carbonyl (C=O) groups excluding carboxylic acids is 2. The van der Waals surface area contributed by atoms with Crippen molar-refractivity contribution in [2.24, 2.45) is 0 Å². The van der Waals surface area contributed by atoms with Crippen LogP contribution in [0.4, 0.5) is 5.69 Å². The highest BCUT2D eigenvalue weighted by molar-refractivity contribution is 9.10. The fourth-order valence-electron chi connectivity index (χ4n) is 4.65. The van der Waals surface area contributed by atoms with E-state index in [4.69, 9.17) is 11.6 Å². The largest absolute Gasteiger partial charge is 0.369 e. The number of hydrogen-bond acceptors (Lipinski definition) is 3. The smallest absolute Gasteiger partial charge is 0.195 e. The third-order valence-electron chi connectivity index (χ3n) is 6.28. The molecule has 0 unspecified atom stereocenters. The van der Waals surface area contributed by atoms with Gasteiger partial charge in [0.05, 0.1) is 16.3 Å². The zero-order valence-corrected chi connectivity index (χ0v) is 18.6. The number of aromatic amines is 1. The van der Waals surface area contributed by atoms with Crippen LogP contribution in [0, 0.1) is 0 Å². The third kappa shape index (κ3) is 2.78. The Balaban J connectivity index is 1.70. The molecule has 1 fully saturated rings. The van der Waals surface area contributed by atoms with Crippen molar-refractivity contribution in [3.63, 3.8) is 0 Å². The van der Waals surface area contributed by atoms with Gasteiger partial charge in [0.15, 0.2) is 5.78 Å². The number of rotatable bonds is 1. The van der Waals surface area contributed by atoms with E-state index in [9.17, 15) is 9.59 Å². The lowest BCUT2D eigenvalue weighted by Gasteiger charge is -2.35. The van der Waals surface area contributed by atoms with E-state index < -0.39 is 0 Å². The van der Waals surface area contributed by atoms with E-state index in [0.717, 1.165) is 37.9 Å². The molecule has 0 bridgehead atoms. The van der Waals surface area contributed by atoms with Crippen LogP contribution in [-0.4, -0.2) is 29.6 Å². The maximum Gasteiger partial charge on any atom is 0.195 e. The number of benzene rings is 2. The Morgan fingerprint density at radius 1 is 1.10 bits per heavy atom. The molecule has 0 atom stereocenters. The monoisotopic (exact) mass is 470 g/mol. The number of Topliss-reactive ketones (excluding diaryl/α,β-unsaturated/α-hetero) is 1. The zero-order valence-electron chi connectivity index (χ0n) is 16.2. The first-order valence-electron chi connectivity index (χ1n) is 9.74. The Bertz CT molecular complexity index is 1200. The Kier molecular flexibility index (Phi) is 4.20. The molecule has 0 radical (unpaired) electrons. The van der Waals surface area contributed by atoms with Crippen molar-refractivity contribution in [1.29, 1.82) is 0 Å². The van der Waals surface area contributed by atoms with Gasteiger partial charge in [0.1, 0.15) is 5.78 Å². The minimum atomic E-state index is -0.380. The van der Waals surface area contributed by atoms with E-state index in [-0.39, 0.29) is 11.2 Å². The van der Waals surface area contributed by atoms with E-state index in [0.29, 0.717) is 42.3 Å². The maximum absolute atomic E-state index is 13.5. The van der Waals surface area contributed by atoms with E-state index in [1.807, 2.05) is 24.3 Å². The van der Waals surface area contributed by atoms with Crippen LogP contribution in [0.1, 0.15) is 53.9 Å². The highest BCUT2D eigenvalue weighted by Crippen LogP contribution is 2.46. The predicted molar refractivity (Wildman–Crippen MR) is 119 cm³/mol. The fraction of sp³-hybridized carbons (Fsp3) is 0.304. The van der Waals surface area contributed by atoms with Gasteiger partial charge in [0.25, 0.3) is 0 Å². The van der Waals surface area contributed by atoms with Crippen LogP contribution >= 0.6 is 27.5 Å². The molecule has 1 aromatic heterocycles. The molecule has 0 amide bonds. The van der Waals surface area contributed by atoms with Crippen LogP contribution in [0.5, 0.6) is 0 Å². The summed E-state index contributed by atoms with van der Waals surface area (Å²) in [6.07, 6.45) is 1.08. The van der Waals surface area contributed by atoms with Gasteiger partial charge in [-0.3, -0.25) is 9.59 Å². The first-order chi connectivity index (χ1) is 13.8. The molecular formula is C23H20BrClN2O2. The Morgan fingerprint density at radius 2 is 1.83 bits per heavy atom. The van der Waals surface area contributed by atoms with Crippen LogP contribution < -0.4 is 4.90 Å².